The molecule has 0 aliphatic carbocycles. The van der Waals surface area contributed by atoms with E-state index in [1.165, 1.54) is 89.5 Å². The van der Waals surface area contributed by atoms with E-state index in [0.717, 1.165) is 25.3 Å². The molecule has 0 radical (unpaired) electrons. The number of unbranched alkanes of at least 4 members (excludes halogenated alkanes) is 15. The van der Waals surface area contributed by atoms with Gasteiger partial charge >= 0.3 is 6.18 Å². The van der Waals surface area contributed by atoms with Gasteiger partial charge in [-0.2, -0.15) is 13.2 Å². The SMILES string of the molecule is CCCCCCCCCCCCCCCCCCOc1cc(N=Nc2c(Br)cc([N+](=O)[O-])cc2C(F)(F)F)c2ccccc2c1O. The molecule has 0 spiro atoms. The topological polar surface area (TPSA) is 97.3 Å². The van der Waals surface area contributed by atoms with Gasteiger partial charge in [-0.05, 0) is 22.4 Å². The summed E-state index contributed by atoms with van der Waals surface area (Å²) in [5.41, 5.74) is -2.42. The van der Waals surface area contributed by atoms with Crippen LogP contribution in [0.4, 0.5) is 30.2 Å². The fraction of sp³-hybridized carbons (Fsp3) is 0.543. The summed E-state index contributed by atoms with van der Waals surface area (Å²) in [6.07, 6.45) is 15.2. The van der Waals surface area contributed by atoms with Gasteiger partial charge < -0.3 is 9.84 Å². The molecule has 1 N–H and O–H groups in total. The predicted molar refractivity (Wildman–Crippen MR) is 181 cm³/mol. The van der Waals surface area contributed by atoms with E-state index in [-0.39, 0.29) is 21.7 Å². The molecule has 3 aromatic rings. The summed E-state index contributed by atoms with van der Waals surface area (Å²) >= 11 is 2.98. The van der Waals surface area contributed by atoms with E-state index in [1.807, 2.05) is 0 Å². The zero-order valence-electron chi connectivity index (χ0n) is 26.6. The Morgan fingerprint density at radius 3 is 1.85 bits per heavy atom. The number of nitro groups is 1. The Balaban J connectivity index is 1.50. The van der Waals surface area contributed by atoms with Gasteiger partial charge in [-0.15, -0.1) is 10.2 Å². The van der Waals surface area contributed by atoms with Gasteiger partial charge in [0.1, 0.15) is 5.69 Å². The number of fused-ring (bicyclic) bond motifs is 1. The molecule has 0 saturated heterocycles. The van der Waals surface area contributed by atoms with Crippen molar-refractivity contribution in [2.75, 3.05) is 6.61 Å². The lowest BCUT2D eigenvalue weighted by atomic mass is 10.0. The summed E-state index contributed by atoms with van der Waals surface area (Å²) in [6, 6.07) is 9.58. The average Bonchev–Trinajstić information content (AvgIpc) is 3.02. The number of halogens is 4. The van der Waals surface area contributed by atoms with Gasteiger partial charge in [0.15, 0.2) is 11.5 Å². The summed E-state index contributed by atoms with van der Waals surface area (Å²) < 4.78 is 47.0. The number of hydrogen-bond donors (Lipinski definition) is 1. The Hall–Kier alpha value is -3.21. The maximum absolute atomic E-state index is 13.8. The Morgan fingerprint density at radius 2 is 1.33 bits per heavy atom. The van der Waals surface area contributed by atoms with Crippen LogP contribution >= 0.6 is 15.9 Å². The molecule has 11 heteroatoms. The van der Waals surface area contributed by atoms with Crippen LogP contribution in [-0.2, 0) is 6.18 Å². The van der Waals surface area contributed by atoms with Crippen LogP contribution < -0.4 is 4.74 Å². The Bertz CT molecular complexity index is 1430. The first-order valence-corrected chi connectivity index (χ1v) is 17.3. The highest BCUT2D eigenvalue weighted by atomic mass is 79.9. The van der Waals surface area contributed by atoms with Crippen molar-refractivity contribution in [1.82, 2.24) is 0 Å². The molecule has 0 unspecified atom stereocenters. The molecule has 0 saturated carbocycles. The number of phenolic OH excluding ortho intramolecular Hbond substituents is 1. The number of non-ortho nitro benzene ring substituents is 1. The number of aromatic hydroxyl groups is 1. The molecule has 0 bridgehead atoms. The van der Waals surface area contributed by atoms with Crippen LogP contribution in [0, 0.1) is 10.1 Å². The lowest BCUT2D eigenvalue weighted by molar-refractivity contribution is -0.385. The van der Waals surface area contributed by atoms with E-state index in [9.17, 15) is 28.4 Å². The predicted octanol–water partition coefficient (Wildman–Crippen LogP) is 13.3. The van der Waals surface area contributed by atoms with Crippen LogP contribution in [0.15, 0.2) is 57.2 Å². The number of rotatable bonds is 21. The first-order valence-electron chi connectivity index (χ1n) is 16.5. The third-order valence-corrected chi connectivity index (χ3v) is 8.64. The summed E-state index contributed by atoms with van der Waals surface area (Å²) in [4.78, 5) is 10.2. The zero-order chi connectivity index (χ0) is 33.4. The molecular formula is C35H45BrF3N3O4. The molecule has 7 nitrogen and oxygen atoms in total. The van der Waals surface area contributed by atoms with Gasteiger partial charge in [0.05, 0.1) is 27.3 Å². The number of ether oxygens (including phenoxy) is 1. The highest BCUT2D eigenvalue weighted by Crippen LogP contribution is 2.45. The molecule has 0 amide bonds. The fourth-order valence-electron chi connectivity index (χ4n) is 5.45. The van der Waals surface area contributed by atoms with Crippen LogP contribution in [-0.4, -0.2) is 16.6 Å². The van der Waals surface area contributed by atoms with E-state index in [0.29, 0.717) is 23.4 Å². The van der Waals surface area contributed by atoms with Crippen molar-refractivity contribution in [3.8, 4) is 11.5 Å². The van der Waals surface area contributed by atoms with Crippen LogP contribution in [0.1, 0.15) is 115 Å². The first-order chi connectivity index (χ1) is 22.1. The van der Waals surface area contributed by atoms with Crippen molar-refractivity contribution in [2.24, 2.45) is 10.2 Å². The van der Waals surface area contributed by atoms with Gasteiger partial charge in [-0.1, -0.05) is 128 Å². The summed E-state index contributed by atoms with van der Waals surface area (Å²) in [7, 11) is 0. The molecule has 3 rings (SSSR count). The minimum Gasteiger partial charge on any atom is -0.504 e. The molecule has 0 aliphatic rings. The number of alkyl halides is 3. The number of azo groups is 1. The minimum atomic E-state index is -4.90. The Morgan fingerprint density at radius 1 is 0.804 bits per heavy atom. The summed E-state index contributed by atoms with van der Waals surface area (Å²) in [5.74, 6) is 0.0750. The summed E-state index contributed by atoms with van der Waals surface area (Å²) in [6.45, 7) is 2.62. The van der Waals surface area contributed by atoms with Crippen LogP contribution in [0.25, 0.3) is 10.8 Å². The number of nitro benzene ring substituents is 1. The number of nitrogens with zero attached hydrogens (tertiary/aromatic N) is 3. The molecule has 0 aromatic heterocycles. The molecule has 3 aromatic carbocycles. The van der Waals surface area contributed by atoms with Gasteiger partial charge in [0.25, 0.3) is 5.69 Å². The Kier molecular flexibility index (Phi) is 15.8. The van der Waals surface area contributed by atoms with Gasteiger partial charge in [0.2, 0.25) is 0 Å². The molecule has 46 heavy (non-hydrogen) atoms. The van der Waals surface area contributed by atoms with Crippen molar-refractivity contribution in [2.45, 2.75) is 116 Å². The normalized spacial score (nSPS) is 11.9. The van der Waals surface area contributed by atoms with Crippen molar-refractivity contribution < 1.29 is 27.9 Å². The molecular weight excluding hydrogens is 663 g/mol. The highest BCUT2D eigenvalue weighted by Gasteiger charge is 2.37. The van der Waals surface area contributed by atoms with Gasteiger partial charge in [-0.25, -0.2) is 0 Å². The number of phenols is 1. The largest absolute Gasteiger partial charge is 0.504 e. The molecule has 252 valence electrons. The van der Waals surface area contributed by atoms with Crippen molar-refractivity contribution in [1.29, 1.82) is 0 Å². The molecule has 0 fully saturated rings. The van der Waals surface area contributed by atoms with Gasteiger partial charge in [-0.3, -0.25) is 10.1 Å². The number of hydrogen-bond acceptors (Lipinski definition) is 6. The van der Waals surface area contributed by atoms with Crippen LogP contribution in [0.2, 0.25) is 0 Å². The van der Waals surface area contributed by atoms with E-state index < -0.39 is 28.0 Å². The minimum absolute atomic E-state index is 0.0847. The highest BCUT2D eigenvalue weighted by molar-refractivity contribution is 9.10. The van der Waals surface area contributed by atoms with Gasteiger partial charge in [0, 0.05) is 29.0 Å². The second-order valence-electron chi connectivity index (χ2n) is 11.7. The Labute approximate surface area is 277 Å². The quantitative estimate of drug-likeness (QED) is 0.0515. The lowest BCUT2D eigenvalue weighted by Crippen LogP contribution is -2.06. The standard InChI is InChI=1S/C35H45BrF3N3O4/c1-2-3-4-5-6-7-8-9-10-11-12-13-14-15-16-19-22-46-32-25-31(27-20-17-18-21-28(27)34(32)43)40-41-33-29(35(37,38)39)23-26(42(44)45)24-30(33)36/h17-18,20-21,23-25,43H,2-16,19,22H2,1H3. The van der Waals surface area contributed by atoms with Crippen LogP contribution in [0.3, 0.4) is 0 Å². The third kappa shape index (κ3) is 11.9. The third-order valence-electron chi connectivity index (χ3n) is 8.04. The van der Waals surface area contributed by atoms with Crippen molar-refractivity contribution in [3.05, 3.63) is 62.6 Å². The van der Waals surface area contributed by atoms with E-state index >= 15 is 0 Å². The molecule has 0 heterocycles. The smallest absolute Gasteiger partial charge is 0.418 e. The zero-order valence-corrected chi connectivity index (χ0v) is 28.2. The monoisotopic (exact) mass is 707 g/mol. The second kappa shape index (κ2) is 19.5. The molecule has 0 atom stereocenters. The molecule has 0 aliphatic heterocycles. The second-order valence-corrected chi connectivity index (χ2v) is 12.6. The average molecular weight is 709 g/mol. The first kappa shape index (κ1) is 37.2. The summed E-state index contributed by atoms with van der Waals surface area (Å²) in [5, 5.41) is 30.8. The fourth-order valence-corrected chi connectivity index (χ4v) is 5.98. The van der Waals surface area contributed by atoms with E-state index in [2.05, 4.69) is 33.1 Å². The number of benzene rings is 3. The van der Waals surface area contributed by atoms with E-state index in [4.69, 9.17) is 4.74 Å². The lowest BCUT2D eigenvalue weighted by Gasteiger charge is -2.13. The van der Waals surface area contributed by atoms with Crippen molar-refractivity contribution >= 4 is 43.8 Å². The van der Waals surface area contributed by atoms with Crippen molar-refractivity contribution in [3.63, 3.8) is 0 Å². The van der Waals surface area contributed by atoms with Crippen LogP contribution in [0.5, 0.6) is 11.5 Å². The maximum atomic E-state index is 13.8. The maximum Gasteiger partial charge on any atom is 0.418 e. The van der Waals surface area contributed by atoms with E-state index in [1.54, 1.807) is 24.3 Å².